The number of benzene rings is 2. The van der Waals surface area contributed by atoms with Crippen molar-refractivity contribution in [2.45, 2.75) is 37.6 Å². The van der Waals surface area contributed by atoms with Crippen LogP contribution >= 0.6 is 0 Å². The fraction of sp³-hybridized carbons (Fsp3) is 0.435. The summed E-state index contributed by atoms with van der Waals surface area (Å²) in [6.07, 6.45) is 2.26. The smallest absolute Gasteiger partial charge is 0.230 e. The second kappa shape index (κ2) is 9.37. The summed E-state index contributed by atoms with van der Waals surface area (Å²) in [5, 5.41) is 1.94. The van der Waals surface area contributed by atoms with E-state index >= 15 is 0 Å². The first kappa shape index (κ1) is 24.8. The first-order chi connectivity index (χ1) is 16.0. The molecule has 2 aliphatic rings. The van der Waals surface area contributed by atoms with Crippen LogP contribution in [0.4, 0.5) is 10.1 Å². The Morgan fingerprint density at radius 2 is 1.79 bits per heavy atom. The lowest BCUT2D eigenvalue weighted by molar-refractivity contribution is -0.122. The molecule has 4 rings (SSSR count). The van der Waals surface area contributed by atoms with Gasteiger partial charge in [0.1, 0.15) is 11.1 Å². The summed E-state index contributed by atoms with van der Waals surface area (Å²) in [6.45, 7) is 1.92. The Balaban J connectivity index is 1.45. The molecule has 2 aromatic rings. The molecule has 0 bridgehead atoms. The van der Waals surface area contributed by atoms with Crippen LogP contribution in [0.15, 0.2) is 48.5 Å². The highest BCUT2D eigenvalue weighted by atomic mass is 32.2. The maximum atomic E-state index is 14.9. The van der Waals surface area contributed by atoms with E-state index in [1.807, 2.05) is 25.1 Å². The summed E-state index contributed by atoms with van der Waals surface area (Å²) in [5.41, 5.74) is 1.18. The molecule has 0 saturated carbocycles. The van der Waals surface area contributed by atoms with Crippen LogP contribution < -0.4 is 5.32 Å². The molecule has 0 aliphatic carbocycles. The molecule has 2 atom stereocenters. The summed E-state index contributed by atoms with van der Waals surface area (Å²) in [6, 6.07) is 12.9. The van der Waals surface area contributed by atoms with Crippen molar-refractivity contribution in [2.24, 2.45) is 5.92 Å². The fourth-order valence-corrected chi connectivity index (χ4v) is 7.48. The van der Waals surface area contributed by atoms with Crippen LogP contribution in [0.3, 0.4) is 0 Å². The maximum Gasteiger partial charge on any atom is 0.230 e. The van der Waals surface area contributed by atoms with Crippen LogP contribution in [0.5, 0.6) is 0 Å². The van der Waals surface area contributed by atoms with E-state index in [-0.39, 0.29) is 42.8 Å². The Morgan fingerprint density at radius 1 is 1.12 bits per heavy atom. The highest BCUT2D eigenvalue weighted by Crippen LogP contribution is 2.38. The van der Waals surface area contributed by atoms with E-state index in [2.05, 4.69) is 5.32 Å². The van der Waals surface area contributed by atoms with Crippen molar-refractivity contribution in [3.63, 3.8) is 0 Å². The molecule has 11 heteroatoms. The Bertz CT molecular complexity index is 1280. The highest BCUT2D eigenvalue weighted by Gasteiger charge is 2.41. The van der Waals surface area contributed by atoms with Crippen molar-refractivity contribution in [2.75, 3.05) is 24.7 Å². The topological polar surface area (TPSA) is 104 Å². The molecule has 2 heterocycles. The third-order valence-electron chi connectivity index (χ3n) is 6.53. The van der Waals surface area contributed by atoms with E-state index in [0.29, 0.717) is 12.8 Å². The van der Waals surface area contributed by atoms with Crippen LogP contribution in [-0.2, 0) is 31.4 Å². The molecule has 0 spiro atoms. The van der Waals surface area contributed by atoms with Gasteiger partial charge in [-0.1, -0.05) is 36.4 Å². The number of hydrogen-bond donors (Lipinski definition) is 1. The maximum absolute atomic E-state index is 14.9. The van der Waals surface area contributed by atoms with Crippen molar-refractivity contribution in [3.8, 4) is 0 Å². The third-order valence-corrected chi connectivity index (χ3v) is 10.1. The van der Waals surface area contributed by atoms with Gasteiger partial charge in [-0.05, 0) is 37.5 Å². The van der Waals surface area contributed by atoms with Gasteiger partial charge >= 0.3 is 0 Å². The zero-order valence-electron chi connectivity index (χ0n) is 19.0. The van der Waals surface area contributed by atoms with Crippen molar-refractivity contribution in [1.82, 2.24) is 8.61 Å². The molecule has 1 amide bonds. The van der Waals surface area contributed by atoms with Crippen LogP contribution in [-0.4, -0.2) is 56.7 Å². The molecule has 184 valence electrons. The van der Waals surface area contributed by atoms with E-state index in [9.17, 15) is 26.0 Å². The zero-order valence-corrected chi connectivity index (χ0v) is 20.6. The second-order valence-corrected chi connectivity index (χ2v) is 13.0. The molecule has 0 radical (unpaired) electrons. The zero-order chi connectivity index (χ0) is 24.7. The fourth-order valence-electron chi connectivity index (χ4n) is 4.39. The van der Waals surface area contributed by atoms with Crippen LogP contribution in [0, 0.1) is 11.7 Å². The summed E-state index contributed by atoms with van der Waals surface area (Å²) in [5.74, 6) is -1.50. The van der Waals surface area contributed by atoms with Crippen molar-refractivity contribution in [1.29, 1.82) is 0 Å². The summed E-state index contributed by atoms with van der Waals surface area (Å²) in [4.78, 5) is 12.3. The van der Waals surface area contributed by atoms with E-state index in [4.69, 9.17) is 0 Å². The van der Waals surface area contributed by atoms with E-state index in [1.165, 1.54) is 20.7 Å². The second-order valence-electron chi connectivity index (χ2n) is 8.99. The Labute approximate surface area is 199 Å². The van der Waals surface area contributed by atoms with Gasteiger partial charge in [-0.3, -0.25) is 4.79 Å². The number of rotatable bonds is 6. The van der Waals surface area contributed by atoms with E-state index < -0.39 is 37.0 Å². The molecular weight excluding hydrogens is 481 g/mol. The lowest BCUT2D eigenvalue weighted by atomic mass is 10.0. The number of nitrogens with one attached hydrogen (secondary N) is 1. The van der Waals surface area contributed by atoms with Crippen molar-refractivity contribution in [3.05, 3.63) is 65.5 Å². The van der Waals surface area contributed by atoms with Gasteiger partial charge in [-0.2, -0.15) is 4.31 Å². The summed E-state index contributed by atoms with van der Waals surface area (Å²) in [7, 11) is -7.02. The first-order valence-electron chi connectivity index (χ1n) is 11.1. The van der Waals surface area contributed by atoms with Gasteiger partial charge in [0.2, 0.25) is 26.0 Å². The van der Waals surface area contributed by atoms with Gasteiger partial charge in [0.05, 0.1) is 12.2 Å². The Kier molecular flexibility index (Phi) is 6.83. The lowest BCUT2D eigenvalue weighted by Crippen LogP contribution is -2.53. The van der Waals surface area contributed by atoms with Gasteiger partial charge in [0.15, 0.2) is 0 Å². The molecule has 1 N–H and O–H groups in total. The predicted octanol–water partition coefficient (Wildman–Crippen LogP) is 2.71. The van der Waals surface area contributed by atoms with E-state index in [0.717, 1.165) is 17.9 Å². The predicted molar refractivity (Wildman–Crippen MR) is 127 cm³/mol. The van der Waals surface area contributed by atoms with Crippen LogP contribution in [0.25, 0.3) is 0 Å². The standard InChI is InChI=1S/C23H28FN3O5S2/c1-16-8-11-22(17-6-4-3-5-7-17)34(31,32)27(16)15-18-9-10-20(12-21(18)24)25-23(28)19-13-26(14-19)33(2,29)30/h3-7,9-10,12,16,19,22H,8,11,13-15H2,1-2H3,(H,25,28)/t16-,22?/m0/s1. The number of anilines is 1. The quantitative estimate of drug-likeness (QED) is 0.645. The van der Waals surface area contributed by atoms with Gasteiger partial charge < -0.3 is 5.32 Å². The molecule has 1 unspecified atom stereocenters. The monoisotopic (exact) mass is 509 g/mol. The minimum absolute atomic E-state index is 0.0958. The number of carbonyl (C=O) groups excluding carboxylic acids is 1. The number of nitrogens with zero attached hydrogens (tertiary/aromatic N) is 2. The molecule has 2 saturated heterocycles. The normalized spacial score (nSPS) is 23.9. The van der Waals surface area contributed by atoms with Gasteiger partial charge in [0, 0.05) is 36.9 Å². The Hall–Kier alpha value is -2.34. The molecular formula is C23H28FN3O5S2. The lowest BCUT2D eigenvalue weighted by Gasteiger charge is -2.37. The SMILES string of the molecule is C[C@H]1CCC(c2ccccc2)S(=O)(=O)N1Cc1ccc(NC(=O)C2CN(S(C)(=O)=O)C2)cc1F. The highest BCUT2D eigenvalue weighted by molar-refractivity contribution is 7.89. The van der Waals surface area contributed by atoms with Gasteiger partial charge in [0.25, 0.3) is 0 Å². The first-order valence-corrected chi connectivity index (χ1v) is 14.4. The number of hydrogen-bond acceptors (Lipinski definition) is 5. The van der Waals surface area contributed by atoms with Gasteiger partial charge in [-0.15, -0.1) is 0 Å². The third kappa shape index (κ3) is 5.02. The van der Waals surface area contributed by atoms with Crippen LogP contribution in [0.1, 0.15) is 36.1 Å². The molecule has 34 heavy (non-hydrogen) atoms. The molecule has 2 fully saturated rings. The largest absolute Gasteiger partial charge is 0.326 e. The van der Waals surface area contributed by atoms with Crippen LogP contribution in [0.2, 0.25) is 0 Å². The molecule has 2 aromatic carbocycles. The molecule has 0 aromatic heterocycles. The summed E-state index contributed by atoms with van der Waals surface area (Å²) >= 11 is 0. The number of carbonyl (C=O) groups is 1. The minimum atomic E-state index is -3.69. The number of halogens is 1. The van der Waals surface area contributed by atoms with Gasteiger partial charge in [-0.25, -0.2) is 25.5 Å². The number of sulfonamides is 2. The Morgan fingerprint density at radius 3 is 2.41 bits per heavy atom. The average molecular weight is 510 g/mol. The average Bonchev–Trinajstić information content (AvgIpc) is 2.70. The molecule has 2 aliphatic heterocycles. The van der Waals surface area contributed by atoms with Crippen molar-refractivity contribution >= 4 is 31.6 Å². The van der Waals surface area contributed by atoms with Crippen molar-refractivity contribution < 1.29 is 26.0 Å². The molecule has 8 nitrogen and oxygen atoms in total. The summed E-state index contributed by atoms with van der Waals surface area (Å²) < 4.78 is 67.1. The van der Waals surface area contributed by atoms with E-state index in [1.54, 1.807) is 12.1 Å². The minimum Gasteiger partial charge on any atom is -0.326 e. The number of amides is 1.